The number of rotatable bonds is 7. The molecule has 1 aliphatic heterocycles. The molecule has 2 heterocycles. The van der Waals surface area contributed by atoms with Crippen LogP contribution in [0.15, 0.2) is 41.0 Å². The smallest absolute Gasteiger partial charge is 0.272 e. The highest BCUT2D eigenvalue weighted by molar-refractivity contribution is 6.05. The lowest BCUT2D eigenvalue weighted by Crippen LogP contribution is -2.39. The number of hydrogen-bond acceptors (Lipinski definition) is 5. The highest BCUT2D eigenvalue weighted by Crippen LogP contribution is 2.25. The molecule has 1 saturated heterocycles. The number of aromatic nitrogens is 2. The number of fused-ring (bicyclic) bond motifs is 1. The first-order valence-corrected chi connectivity index (χ1v) is 11.1. The van der Waals surface area contributed by atoms with Gasteiger partial charge in [-0.05, 0) is 74.6 Å². The van der Waals surface area contributed by atoms with E-state index in [1.165, 1.54) is 6.42 Å². The van der Waals surface area contributed by atoms with E-state index in [-0.39, 0.29) is 18.1 Å². The van der Waals surface area contributed by atoms with E-state index in [0.717, 1.165) is 72.9 Å². The summed E-state index contributed by atoms with van der Waals surface area (Å²) in [6, 6.07) is 6.31. The van der Waals surface area contributed by atoms with Crippen LogP contribution in [0, 0.1) is 0 Å². The zero-order chi connectivity index (χ0) is 21.8. The van der Waals surface area contributed by atoms with Crippen molar-refractivity contribution in [3.8, 4) is 0 Å². The maximum Gasteiger partial charge on any atom is 0.272 e. The Kier molecular flexibility index (Phi) is 6.63. The van der Waals surface area contributed by atoms with E-state index in [1.807, 2.05) is 18.2 Å². The molecule has 1 aromatic carbocycles. The summed E-state index contributed by atoms with van der Waals surface area (Å²) in [5.74, 6) is -0.113. The number of aliphatic hydroxyl groups is 1. The van der Waals surface area contributed by atoms with Gasteiger partial charge < -0.3 is 10.4 Å². The Balaban J connectivity index is 1.53. The molecule has 31 heavy (non-hydrogen) atoms. The molecule has 2 fully saturated rings. The fourth-order valence-corrected chi connectivity index (χ4v) is 4.18. The number of hydrogen-bond donors (Lipinski definition) is 3. The van der Waals surface area contributed by atoms with Crippen LogP contribution in [-0.4, -0.2) is 64.6 Å². The normalized spacial score (nSPS) is 19.4. The maximum atomic E-state index is 12.7. The lowest BCUT2D eigenvalue weighted by atomic mass is 9.93. The van der Waals surface area contributed by atoms with Gasteiger partial charge in [0.25, 0.3) is 5.91 Å². The number of nitrogens with one attached hydrogen (secondary N) is 2. The lowest BCUT2D eigenvalue weighted by Gasteiger charge is -2.29. The molecule has 2 aliphatic rings. The number of aliphatic imine (C=N–C) groups is 1. The Hall–Kier alpha value is -2.77. The van der Waals surface area contributed by atoms with Crippen LogP contribution in [-0.2, 0) is 0 Å². The zero-order valence-corrected chi connectivity index (χ0v) is 18.1. The Bertz CT molecular complexity index is 1010. The van der Waals surface area contributed by atoms with Gasteiger partial charge in [-0.1, -0.05) is 12.1 Å². The number of aliphatic hydroxyl groups excluding tert-OH is 1. The third-order valence-corrected chi connectivity index (χ3v) is 6.30. The first-order chi connectivity index (χ1) is 15.0. The summed E-state index contributed by atoms with van der Waals surface area (Å²) in [5, 5.41) is 20.9. The molecule has 1 aromatic heterocycles. The minimum atomic E-state index is -0.184. The molecule has 4 rings (SSSR count). The number of nitrogens with zero attached hydrogens (tertiary/aromatic N) is 3. The zero-order valence-electron chi connectivity index (χ0n) is 18.1. The van der Waals surface area contributed by atoms with Gasteiger partial charge in [0, 0.05) is 37.3 Å². The van der Waals surface area contributed by atoms with Crippen molar-refractivity contribution in [3.05, 3.63) is 47.3 Å². The van der Waals surface area contributed by atoms with E-state index in [0.29, 0.717) is 5.69 Å². The van der Waals surface area contributed by atoms with E-state index in [2.05, 4.69) is 45.1 Å². The number of aromatic amines is 1. The number of likely N-dealkylation sites (tertiary alicyclic amines) is 1. The van der Waals surface area contributed by atoms with Gasteiger partial charge in [0.05, 0.1) is 11.6 Å². The van der Waals surface area contributed by atoms with Crippen LogP contribution in [0.2, 0.25) is 0 Å². The molecule has 0 radical (unpaired) electrons. The molecule has 2 aromatic rings. The number of piperidine rings is 1. The number of H-pyrrole nitrogens is 1. The fraction of sp³-hybridized carbons (Fsp3) is 0.458. The van der Waals surface area contributed by atoms with Crippen LogP contribution >= 0.6 is 0 Å². The summed E-state index contributed by atoms with van der Waals surface area (Å²) in [6.45, 7) is 8.20. The van der Waals surface area contributed by atoms with Crippen molar-refractivity contribution < 1.29 is 9.90 Å². The molecule has 0 spiro atoms. The Morgan fingerprint density at radius 2 is 2.13 bits per heavy atom. The number of benzene rings is 1. The predicted octanol–water partition coefficient (Wildman–Crippen LogP) is 3.29. The summed E-state index contributed by atoms with van der Waals surface area (Å²) < 4.78 is 0. The van der Waals surface area contributed by atoms with Gasteiger partial charge >= 0.3 is 0 Å². The third kappa shape index (κ3) is 5.11. The van der Waals surface area contributed by atoms with Gasteiger partial charge in [-0.3, -0.25) is 19.8 Å². The van der Waals surface area contributed by atoms with E-state index in [9.17, 15) is 9.90 Å². The molecule has 164 valence electrons. The van der Waals surface area contributed by atoms with Crippen LogP contribution in [0.1, 0.15) is 55.1 Å². The van der Waals surface area contributed by atoms with Crippen molar-refractivity contribution in [1.29, 1.82) is 0 Å². The second-order valence-electron chi connectivity index (χ2n) is 8.66. The molecule has 3 N–H and O–H groups in total. The monoisotopic (exact) mass is 421 g/mol. The molecule has 0 bridgehead atoms. The van der Waals surface area contributed by atoms with Gasteiger partial charge in [-0.25, -0.2) is 0 Å². The van der Waals surface area contributed by atoms with Crippen LogP contribution in [0.25, 0.3) is 16.5 Å². The summed E-state index contributed by atoms with van der Waals surface area (Å²) in [7, 11) is 0. The minimum Gasteiger partial charge on any atom is -0.393 e. The minimum absolute atomic E-state index is 0.113. The lowest BCUT2D eigenvalue weighted by molar-refractivity contribution is 0.0872. The summed E-state index contributed by atoms with van der Waals surface area (Å²) >= 11 is 0. The Morgan fingerprint density at radius 1 is 1.35 bits per heavy atom. The van der Waals surface area contributed by atoms with E-state index in [1.54, 1.807) is 6.20 Å². The SMILES string of the molecule is C=N/C=C(\C=C(/C)c1ccc2[nH]nc(C(=O)NC3CCC3)c2c1)CN1CCC(O)CC1. The average Bonchev–Trinajstić information content (AvgIpc) is 3.15. The van der Waals surface area contributed by atoms with Gasteiger partial charge in [0.15, 0.2) is 5.69 Å². The van der Waals surface area contributed by atoms with Crippen LogP contribution in [0.4, 0.5) is 0 Å². The molecule has 1 aliphatic carbocycles. The van der Waals surface area contributed by atoms with Crippen molar-refractivity contribution in [1.82, 2.24) is 20.4 Å². The topological polar surface area (TPSA) is 93.6 Å². The van der Waals surface area contributed by atoms with E-state index >= 15 is 0 Å². The summed E-state index contributed by atoms with van der Waals surface area (Å²) in [5.41, 5.74) is 4.49. The number of amides is 1. The summed E-state index contributed by atoms with van der Waals surface area (Å²) in [4.78, 5) is 19.0. The quantitative estimate of drug-likeness (QED) is 0.472. The van der Waals surface area contributed by atoms with E-state index < -0.39 is 0 Å². The number of carbonyl (C=O) groups excluding carboxylic acids is 1. The maximum absolute atomic E-state index is 12.7. The molecular formula is C24H31N5O2. The van der Waals surface area contributed by atoms with E-state index in [4.69, 9.17) is 0 Å². The molecule has 0 atom stereocenters. The van der Waals surface area contributed by atoms with Crippen molar-refractivity contribution in [3.63, 3.8) is 0 Å². The number of allylic oxidation sites excluding steroid dienone is 1. The first-order valence-electron chi connectivity index (χ1n) is 11.1. The highest BCUT2D eigenvalue weighted by Gasteiger charge is 2.23. The number of carbonyl (C=O) groups is 1. The average molecular weight is 422 g/mol. The van der Waals surface area contributed by atoms with Crippen LogP contribution in [0.3, 0.4) is 0 Å². The molecule has 7 heteroatoms. The van der Waals surface area contributed by atoms with Gasteiger partial charge in [0.1, 0.15) is 0 Å². The van der Waals surface area contributed by atoms with Crippen LogP contribution < -0.4 is 5.32 Å². The molecule has 1 saturated carbocycles. The highest BCUT2D eigenvalue weighted by atomic mass is 16.3. The molecular weight excluding hydrogens is 390 g/mol. The van der Waals surface area contributed by atoms with Gasteiger partial charge in [-0.15, -0.1) is 0 Å². The standard InChI is InChI=1S/C24H31N5O2/c1-16(12-17(14-25-2)15-29-10-8-20(30)9-11-29)18-6-7-22-21(13-18)23(28-27-22)24(31)26-19-4-3-5-19/h6-7,12-14,19-20,30H,2-5,8-11,15H2,1H3,(H,26,31)(H,27,28)/b16-12+,17-14+. The van der Waals surface area contributed by atoms with Crippen molar-refractivity contribution in [2.45, 2.75) is 51.2 Å². The van der Waals surface area contributed by atoms with Gasteiger partial charge in [-0.2, -0.15) is 5.10 Å². The molecule has 7 nitrogen and oxygen atoms in total. The predicted molar refractivity (Wildman–Crippen MR) is 124 cm³/mol. The van der Waals surface area contributed by atoms with Crippen molar-refractivity contribution in [2.75, 3.05) is 19.6 Å². The van der Waals surface area contributed by atoms with Crippen molar-refractivity contribution in [2.24, 2.45) is 4.99 Å². The largest absolute Gasteiger partial charge is 0.393 e. The second-order valence-corrected chi connectivity index (χ2v) is 8.66. The second kappa shape index (κ2) is 9.58. The summed E-state index contributed by atoms with van der Waals surface area (Å²) in [6.07, 6.45) is 8.61. The molecule has 0 unspecified atom stereocenters. The third-order valence-electron chi connectivity index (χ3n) is 6.30. The fourth-order valence-electron chi connectivity index (χ4n) is 4.18. The first kappa shape index (κ1) is 21.5. The Morgan fingerprint density at radius 3 is 2.81 bits per heavy atom. The Labute approximate surface area is 182 Å². The van der Waals surface area contributed by atoms with Gasteiger partial charge in [0.2, 0.25) is 0 Å². The van der Waals surface area contributed by atoms with Crippen molar-refractivity contribution >= 4 is 29.1 Å². The molecule has 1 amide bonds. The van der Waals surface area contributed by atoms with Crippen LogP contribution in [0.5, 0.6) is 0 Å².